The zero-order valence-electron chi connectivity index (χ0n) is 13.1. The van der Waals surface area contributed by atoms with Crippen LogP contribution in [0.3, 0.4) is 0 Å². The van der Waals surface area contributed by atoms with Crippen LogP contribution in [0.4, 0.5) is 0 Å². The predicted octanol–water partition coefficient (Wildman–Crippen LogP) is 3.04. The van der Waals surface area contributed by atoms with Gasteiger partial charge in [-0.3, -0.25) is 0 Å². The Morgan fingerprint density at radius 1 is 1.22 bits per heavy atom. The maximum Gasteiger partial charge on any atom is 0.335 e. The van der Waals surface area contributed by atoms with Gasteiger partial charge < -0.3 is 5.11 Å². The van der Waals surface area contributed by atoms with Crippen LogP contribution < -0.4 is 0 Å². The number of hydrogen-bond donors (Lipinski definition) is 1. The summed E-state index contributed by atoms with van der Waals surface area (Å²) in [5, 5.41) is 14.3. The lowest BCUT2D eigenvalue weighted by molar-refractivity contribution is 0.0696. The third-order valence-electron chi connectivity index (χ3n) is 3.85. The second-order valence-corrected chi connectivity index (χ2v) is 6.21. The van der Waals surface area contributed by atoms with Crippen molar-refractivity contribution in [2.24, 2.45) is 0 Å². The zero-order chi connectivity index (χ0) is 16.6. The molecule has 0 saturated heterocycles. The predicted molar refractivity (Wildman–Crippen MR) is 88.0 cm³/mol. The summed E-state index contributed by atoms with van der Waals surface area (Å²) in [6, 6.07) is 6.97. The first-order valence-electron chi connectivity index (χ1n) is 7.12. The number of carboxylic acid groups (broad SMARTS) is 1. The van der Waals surface area contributed by atoms with Gasteiger partial charge in [-0.1, -0.05) is 30.0 Å². The lowest BCUT2D eigenvalue weighted by atomic mass is 10.1. The normalized spacial score (nSPS) is 11.1. The topological polar surface area (TPSA) is 80.4 Å². The summed E-state index contributed by atoms with van der Waals surface area (Å²) in [5.74, 6) is 0.142. The van der Waals surface area contributed by atoms with Crippen LogP contribution in [0.2, 0.25) is 0 Å². The third-order valence-corrected chi connectivity index (χ3v) is 4.73. The van der Waals surface area contributed by atoms with E-state index in [2.05, 4.69) is 15.1 Å². The number of fused-ring (bicyclic) bond motifs is 1. The molecule has 0 aliphatic heterocycles. The number of carboxylic acids is 1. The van der Waals surface area contributed by atoms with Crippen molar-refractivity contribution in [2.45, 2.75) is 31.7 Å². The Hall–Kier alpha value is -2.41. The van der Waals surface area contributed by atoms with Crippen molar-refractivity contribution in [3.8, 4) is 0 Å². The van der Waals surface area contributed by atoms with Gasteiger partial charge in [-0.25, -0.2) is 14.3 Å². The van der Waals surface area contributed by atoms with E-state index >= 15 is 0 Å². The summed E-state index contributed by atoms with van der Waals surface area (Å²) in [7, 11) is 0. The van der Waals surface area contributed by atoms with Crippen molar-refractivity contribution in [2.75, 3.05) is 0 Å². The van der Waals surface area contributed by atoms with Gasteiger partial charge in [-0.2, -0.15) is 4.98 Å². The SMILES string of the molecule is Cc1nc2nc(SCc3ccccc3C(=O)O)nn2c(C)c1C. The van der Waals surface area contributed by atoms with Crippen LogP contribution in [0.1, 0.15) is 32.9 Å². The number of aryl methyl sites for hydroxylation is 2. The lowest BCUT2D eigenvalue weighted by Crippen LogP contribution is -2.02. The van der Waals surface area contributed by atoms with Gasteiger partial charge in [0, 0.05) is 17.1 Å². The van der Waals surface area contributed by atoms with Crippen LogP contribution in [0.15, 0.2) is 29.4 Å². The highest BCUT2D eigenvalue weighted by Crippen LogP contribution is 2.23. The molecule has 0 aliphatic carbocycles. The van der Waals surface area contributed by atoms with Gasteiger partial charge in [0.05, 0.1) is 5.56 Å². The molecule has 0 unspecified atom stereocenters. The zero-order valence-corrected chi connectivity index (χ0v) is 13.9. The van der Waals surface area contributed by atoms with Crippen LogP contribution >= 0.6 is 11.8 Å². The van der Waals surface area contributed by atoms with Crippen molar-refractivity contribution in [1.82, 2.24) is 19.6 Å². The summed E-state index contributed by atoms with van der Waals surface area (Å²) in [6.07, 6.45) is 0. The average Bonchev–Trinajstić information content (AvgIpc) is 2.94. The van der Waals surface area contributed by atoms with Gasteiger partial charge in [0.25, 0.3) is 5.78 Å². The molecule has 0 saturated carbocycles. The van der Waals surface area contributed by atoms with Crippen LogP contribution in [0, 0.1) is 20.8 Å². The maximum absolute atomic E-state index is 11.2. The van der Waals surface area contributed by atoms with Crippen LogP contribution in [0.5, 0.6) is 0 Å². The molecule has 0 radical (unpaired) electrons. The number of thioether (sulfide) groups is 1. The summed E-state index contributed by atoms with van der Waals surface area (Å²) in [6.45, 7) is 5.95. The number of carbonyl (C=O) groups is 1. The van der Waals surface area contributed by atoms with E-state index in [4.69, 9.17) is 0 Å². The molecular weight excluding hydrogens is 312 g/mol. The van der Waals surface area contributed by atoms with Crippen LogP contribution in [-0.4, -0.2) is 30.7 Å². The minimum absolute atomic E-state index is 0.310. The molecule has 118 valence electrons. The number of benzene rings is 1. The fourth-order valence-electron chi connectivity index (χ4n) is 2.30. The molecule has 23 heavy (non-hydrogen) atoms. The molecule has 2 aromatic heterocycles. The molecule has 0 fully saturated rings. The number of aromatic carboxylic acids is 1. The van der Waals surface area contributed by atoms with Gasteiger partial charge in [-0.05, 0) is 38.0 Å². The molecule has 1 aromatic carbocycles. The van der Waals surface area contributed by atoms with Crippen molar-refractivity contribution in [3.63, 3.8) is 0 Å². The summed E-state index contributed by atoms with van der Waals surface area (Å²) < 4.78 is 1.73. The fourth-order valence-corrected chi connectivity index (χ4v) is 3.12. The van der Waals surface area contributed by atoms with Gasteiger partial charge >= 0.3 is 5.97 Å². The van der Waals surface area contributed by atoms with E-state index < -0.39 is 5.97 Å². The molecule has 2 heterocycles. The first-order valence-corrected chi connectivity index (χ1v) is 8.10. The Morgan fingerprint density at radius 3 is 2.70 bits per heavy atom. The molecule has 0 spiro atoms. The van der Waals surface area contributed by atoms with E-state index in [-0.39, 0.29) is 0 Å². The second-order valence-electron chi connectivity index (χ2n) is 5.26. The van der Waals surface area contributed by atoms with Gasteiger partial charge in [0.2, 0.25) is 5.16 Å². The molecule has 3 aromatic rings. The number of nitrogens with zero attached hydrogens (tertiary/aromatic N) is 4. The lowest BCUT2D eigenvalue weighted by Gasteiger charge is -2.04. The van der Waals surface area contributed by atoms with E-state index in [9.17, 15) is 9.90 Å². The average molecular weight is 328 g/mol. The summed E-state index contributed by atoms with van der Waals surface area (Å²) in [5.41, 5.74) is 4.11. The molecule has 0 aliphatic rings. The monoisotopic (exact) mass is 328 g/mol. The number of rotatable bonds is 4. The highest BCUT2D eigenvalue weighted by atomic mass is 32.2. The van der Waals surface area contributed by atoms with Crippen molar-refractivity contribution < 1.29 is 9.90 Å². The van der Waals surface area contributed by atoms with E-state index in [0.717, 1.165) is 22.5 Å². The maximum atomic E-state index is 11.2. The summed E-state index contributed by atoms with van der Waals surface area (Å²) >= 11 is 1.40. The Labute approximate surface area is 137 Å². The highest BCUT2D eigenvalue weighted by molar-refractivity contribution is 7.98. The van der Waals surface area contributed by atoms with Gasteiger partial charge in [0.15, 0.2) is 0 Å². The van der Waals surface area contributed by atoms with Gasteiger partial charge in [0.1, 0.15) is 0 Å². The van der Waals surface area contributed by atoms with Crippen molar-refractivity contribution >= 4 is 23.5 Å². The first kappa shape index (κ1) is 15.5. The molecule has 6 nitrogen and oxygen atoms in total. The Morgan fingerprint density at radius 2 is 1.96 bits per heavy atom. The Kier molecular flexibility index (Phi) is 4.04. The molecule has 0 amide bonds. The molecule has 0 atom stereocenters. The minimum atomic E-state index is -0.923. The fraction of sp³-hybridized carbons (Fsp3) is 0.250. The quantitative estimate of drug-likeness (QED) is 0.742. The highest BCUT2D eigenvalue weighted by Gasteiger charge is 2.13. The van der Waals surface area contributed by atoms with Crippen molar-refractivity contribution in [3.05, 3.63) is 52.3 Å². The van der Waals surface area contributed by atoms with E-state index in [1.807, 2.05) is 32.9 Å². The standard InChI is InChI=1S/C16H16N4O2S/c1-9-10(2)17-15-18-16(19-20(15)11(9)3)23-8-12-6-4-5-7-13(12)14(21)22/h4-7H,8H2,1-3H3,(H,21,22). The Bertz CT molecular complexity index is 904. The minimum Gasteiger partial charge on any atom is -0.478 e. The second kappa shape index (κ2) is 6.00. The van der Waals surface area contributed by atoms with Crippen molar-refractivity contribution in [1.29, 1.82) is 0 Å². The summed E-state index contributed by atoms with van der Waals surface area (Å²) in [4.78, 5) is 20.1. The third kappa shape index (κ3) is 2.92. The largest absolute Gasteiger partial charge is 0.478 e. The van der Waals surface area contributed by atoms with E-state index in [1.54, 1.807) is 16.6 Å². The number of aromatic nitrogens is 4. The van der Waals surface area contributed by atoms with Crippen LogP contribution in [-0.2, 0) is 5.75 Å². The molecule has 0 bridgehead atoms. The first-order chi connectivity index (χ1) is 11.0. The smallest absolute Gasteiger partial charge is 0.335 e. The molecule has 7 heteroatoms. The van der Waals surface area contributed by atoms with E-state index in [0.29, 0.717) is 22.3 Å². The Balaban J connectivity index is 1.89. The van der Waals surface area contributed by atoms with E-state index in [1.165, 1.54) is 11.8 Å². The number of hydrogen-bond acceptors (Lipinski definition) is 5. The molecular formula is C16H16N4O2S. The molecule has 1 N–H and O–H groups in total. The van der Waals surface area contributed by atoms with Crippen LogP contribution in [0.25, 0.3) is 5.78 Å². The van der Waals surface area contributed by atoms with Gasteiger partial charge in [-0.15, -0.1) is 5.10 Å². The molecule has 3 rings (SSSR count).